The molecule has 0 aliphatic heterocycles. The number of hydrogen-bond donors (Lipinski definition) is 1. The van der Waals surface area contributed by atoms with E-state index in [9.17, 15) is 4.39 Å². The largest absolute Gasteiger partial charge is 0.338 e. The van der Waals surface area contributed by atoms with Crippen molar-refractivity contribution in [3.05, 3.63) is 53.9 Å². The molecule has 1 heterocycles. The van der Waals surface area contributed by atoms with Crippen LogP contribution in [0.5, 0.6) is 0 Å². The highest BCUT2D eigenvalue weighted by molar-refractivity contribution is 5.18. The topological polar surface area (TPSA) is 29.9 Å². The van der Waals surface area contributed by atoms with Gasteiger partial charge in [-0.2, -0.15) is 0 Å². The van der Waals surface area contributed by atoms with Crippen LogP contribution >= 0.6 is 0 Å². The summed E-state index contributed by atoms with van der Waals surface area (Å²) in [6, 6.07) is 7.10. The number of rotatable bonds is 5. The fourth-order valence-electron chi connectivity index (χ4n) is 2.02. The third-order valence-electron chi connectivity index (χ3n) is 3.18. The zero-order valence-corrected chi connectivity index (χ0v) is 10.7. The van der Waals surface area contributed by atoms with Crippen LogP contribution in [0.3, 0.4) is 0 Å². The standard InChI is InChI=1S/C14H18FN3/c1-16-12(10-14-17-7-8-18(14)2)9-11-5-3-4-6-13(11)15/h3-8,12,16H,9-10H2,1-2H3. The SMILES string of the molecule is CNC(Cc1ccccc1F)Cc1nccn1C. The van der Waals surface area contributed by atoms with E-state index in [1.807, 2.05) is 37.0 Å². The molecule has 0 saturated carbocycles. The number of imidazole rings is 1. The summed E-state index contributed by atoms with van der Waals surface area (Å²) in [7, 11) is 3.87. The van der Waals surface area contributed by atoms with Gasteiger partial charge < -0.3 is 9.88 Å². The van der Waals surface area contributed by atoms with Gasteiger partial charge in [-0.05, 0) is 25.1 Å². The number of likely N-dealkylation sites (N-methyl/N-ethyl adjacent to an activating group) is 1. The van der Waals surface area contributed by atoms with Crippen LogP contribution in [0, 0.1) is 5.82 Å². The van der Waals surface area contributed by atoms with Crippen LogP contribution in [-0.4, -0.2) is 22.6 Å². The second-order valence-electron chi connectivity index (χ2n) is 4.44. The highest BCUT2D eigenvalue weighted by atomic mass is 19.1. The predicted octanol–water partition coefficient (Wildman–Crippen LogP) is 1.93. The zero-order valence-electron chi connectivity index (χ0n) is 10.7. The minimum Gasteiger partial charge on any atom is -0.338 e. The molecule has 0 bridgehead atoms. The Morgan fingerprint density at radius 2 is 2.11 bits per heavy atom. The highest BCUT2D eigenvalue weighted by Gasteiger charge is 2.13. The Balaban J connectivity index is 2.06. The number of nitrogens with one attached hydrogen (secondary N) is 1. The number of hydrogen-bond acceptors (Lipinski definition) is 2. The number of nitrogens with zero attached hydrogens (tertiary/aromatic N) is 2. The summed E-state index contributed by atoms with van der Waals surface area (Å²) in [4.78, 5) is 4.30. The van der Waals surface area contributed by atoms with Crippen molar-refractivity contribution in [1.82, 2.24) is 14.9 Å². The van der Waals surface area contributed by atoms with E-state index in [1.54, 1.807) is 12.3 Å². The summed E-state index contributed by atoms with van der Waals surface area (Å²) in [5.41, 5.74) is 0.742. The normalized spacial score (nSPS) is 12.6. The first-order valence-electron chi connectivity index (χ1n) is 6.07. The molecule has 1 aromatic heterocycles. The quantitative estimate of drug-likeness (QED) is 0.875. The minimum atomic E-state index is -0.141. The van der Waals surface area contributed by atoms with Crippen LogP contribution in [0.15, 0.2) is 36.7 Å². The van der Waals surface area contributed by atoms with Crippen LogP contribution < -0.4 is 5.32 Å². The van der Waals surface area contributed by atoms with E-state index in [2.05, 4.69) is 10.3 Å². The summed E-state index contributed by atoms with van der Waals surface area (Å²) in [6.45, 7) is 0. The number of benzene rings is 1. The van der Waals surface area contributed by atoms with Gasteiger partial charge in [0.25, 0.3) is 0 Å². The third kappa shape index (κ3) is 2.96. The molecule has 4 heteroatoms. The molecule has 1 N–H and O–H groups in total. The summed E-state index contributed by atoms with van der Waals surface area (Å²) in [5.74, 6) is 0.864. The summed E-state index contributed by atoms with van der Waals surface area (Å²) >= 11 is 0. The molecule has 0 aliphatic rings. The van der Waals surface area contributed by atoms with E-state index in [0.29, 0.717) is 6.42 Å². The Labute approximate surface area is 107 Å². The molecule has 0 amide bonds. The van der Waals surface area contributed by atoms with E-state index in [1.165, 1.54) is 6.07 Å². The second kappa shape index (κ2) is 5.78. The average Bonchev–Trinajstić information content (AvgIpc) is 2.77. The first-order valence-corrected chi connectivity index (χ1v) is 6.07. The van der Waals surface area contributed by atoms with Crippen molar-refractivity contribution in [2.75, 3.05) is 7.05 Å². The van der Waals surface area contributed by atoms with E-state index in [-0.39, 0.29) is 11.9 Å². The van der Waals surface area contributed by atoms with Crippen LogP contribution in [0.1, 0.15) is 11.4 Å². The van der Waals surface area contributed by atoms with Crippen molar-refractivity contribution >= 4 is 0 Å². The van der Waals surface area contributed by atoms with Crippen molar-refractivity contribution < 1.29 is 4.39 Å². The molecule has 3 nitrogen and oxygen atoms in total. The second-order valence-corrected chi connectivity index (χ2v) is 4.44. The molecule has 1 aromatic carbocycles. The van der Waals surface area contributed by atoms with Crippen LogP contribution in [0.25, 0.3) is 0 Å². The Morgan fingerprint density at radius 1 is 1.33 bits per heavy atom. The van der Waals surface area contributed by atoms with Crippen molar-refractivity contribution in [2.24, 2.45) is 7.05 Å². The van der Waals surface area contributed by atoms with Crippen molar-refractivity contribution in [3.8, 4) is 0 Å². The summed E-state index contributed by atoms with van der Waals surface area (Å²) < 4.78 is 15.6. The first-order chi connectivity index (χ1) is 8.70. The van der Waals surface area contributed by atoms with E-state index < -0.39 is 0 Å². The Kier molecular flexibility index (Phi) is 4.10. The fraction of sp³-hybridized carbons (Fsp3) is 0.357. The third-order valence-corrected chi connectivity index (χ3v) is 3.18. The predicted molar refractivity (Wildman–Crippen MR) is 69.9 cm³/mol. The molecule has 0 aliphatic carbocycles. The van der Waals surface area contributed by atoms with E-state index >= 15 is 0 Å². The van der Waals surface area contributed by atoms with Gasteiger partial charge in [-0.15, -0.1) is 0 Å². The first kappa shape index (κ1) is 12.8. The van der Waals surface area contributed by atoms with Crippen molar-refractivity contribution in [3.63, 3.8) is 0 Å². The average molecular weight is 247 g/mol. The lowest BCUT2D eigenvalue weighted by Crippen LogP contribution is -2.31. The van der Waals surface area contributed by atoms with Gasteiger partial charge in [-0.1, -0.05) is 18.2 Å². The minimum absolute atomic E-state index is 0.141. The molecule has 0 saturated heterocycles. The maximum absolute atomic E-state index is 13.6. The maximum Gasteiger partial charge on any atom is 0.126 e. The fourth-order valence-corrected chi connectivity index (χ4v) is 2.02. The highest BCUT2D eigenvalue weighted by Crippen LogP contribution is 2.11. The van der Waals surface area contributed by atoms with Crippen LogP contribution in [0.2, 0.25) is 0 Å². The van der Waals surface area contributed by atoms with Gasteiger partial charge in [0, 0.05) is 31.9 Å². The van der Waals surface area contributed by atoms with Crippen LogP contribution in [0.4, 0.5) is 4.39 Å². The summed E-state index contributed by atoms with van der Waals surface area (Å²) in [6.07, 6.45) is 5.15. The van der Waals surface area contributed by atoms with Gasteiger partial charge in [-0.25, -0.2) is 9.37 Å². The lowest BCUT2D eigenvalue weighted by Gasteiger charge is -2.16. The maximum atomic E-state index is 13.6. The van der Waals surface area contributed by atoms with Gasteiger partial charge in [0.1, 0.15) is 11.6 Å². The Hall–Kier alpha value is -1.68. The molecule has 0 spiro atoms. The van der Waals surface area contributed by atoms with Gasteiger partial charge in [-0.3, -0.25) is 0 Å². The molecule has 2 rings (SSSR count). The molecule has 1 unspecified atom stereocenters. The molecule has 2 aromatic rings. The van der Waals surface area contributed by atoms with Gasteiger partial charge in [0.05, 0.1) is 0 Å². The lowest BCUT2D eigenvalue weighted by atomic mass is 10.0. The monoisotopic (exact) mass is 247 g/mol. The van der Waals surface area contributed by atoms with E-state index in [0.717, 1.165) is 17.8 Å². The molecule has 96 valence electrons. The van der Waals surface area contributed by atoms with Gasteiger partial charge >= 0.3 is 0 Å². The smallest absolute Gasteiger partial charge is 0.126 e. The number of aryl methyl sites for hydroxylation is 1. The van der Waals surface area contributed by atoms with Crippen LogP contribution in [-0.2, 0) is 19.9 Å². The van der Waals surface area contributed by atoms with Gasteiger partial charge in [0.15, 0.2) is 0 Å². The van der Waals surface area contributed by atoms with E-state index in [4.69, 9.17) is 0 Å². The molecule has 0 fully saturated rings. The number of halogens is 1. The summed E-state index contributed by atoms with van der Waals surface area (Å²) in [5, 5.41) is 3.22. The lowest BCUT2D eigenvalue weighted by molar-refractivity contribution is 0.516. The number of aromatic nitrogens is 2. The van der Waals surface area contributed by atoms with Crippen molar-refractivity contribution in [2.45, 2.75) is 18.9 Å². The Morgan fingerprint density at radius 3 is 2.72 bits per heavy atom. The zero-order chi connectivity index (χ0) is 13.0. The molecular formula is C14H18FN3. The van der Waals surface area contributed by atoms with Crippen molar-refractivity contribution in [1.29, 1.82) is 0 Å². The van der Waals surface area contributed by atoms with Gasteiger partial charge in [0.2, 0.25) is 0 Å². The molecule has 0 radical (unpaired) electrons. The molecule has 1 atom stereocenters. The Bertz CT molecular complexity index is 507. The molecular weight excluding hydrogens is 229 g/mol. The molecule has 18 heavy (non-hydrogen) atoms.